The third kappa shape index (κ3) is 2.07. The van der Waals surface area contributed by atoms with Crippen LogP contribution in [0.4, 0.5) is 4.39 Å². The van der Waals surface area contributed by atoms with Crippen LogP contribution in [0.25, 0.3) is 10.9 Å². The van der Waals surface area contributed by atoms with E-state index in [1.165, 1.54) is 12.1 Å². The van der Waals surface area contributed by atoms with Crippen molar-refractivity contribution in [2.75, 3.05) is 0 Å². The number of aryl methyl sites for hydroxylation is 1. The molecule has 0 amide bonds. The second-order valence-electron chi connectivity index (χ2n) is 3.35. The molecule has 1 aromatic carbocycles. The van der Waals surface area contributed by atoms with Gasteiger partial charge in [-0.1, -0.05) is 13.3 Å². The highest BCUT2D eigenvalue weighted by atomic mass is 35.5. The molecule has 1 heterocycles. The molecule has 0 aliphatic rings. The summed E-state index contributed by atoms with van der Waals surface area (Å²) in [5.41, 5.74) is 1.45. The number of hydrogen-bond acceptors (Lipinski definition) is 2. The average molecular weight is 225 g/mol. The molecule has 1 aromatic heterocycles. The zero-order valence-corrected chi connectivity index (χ0v) is 9.05. The summed E-state index contributed by atoms with van der Waals surface area (Å²) in [6.07, 6.45) is 1.80. The molecule has 2 rings (SSSR count). The highest BCUT2D eigenvalue weighted by Gasteiger charge is 2.06. The molecule has 0 aliphatic carbocycles. The fourth-order valence-corrected chi connectivity index (χ4v) is 1.76. The van der Waals surface area contributed by atoms with Gasteiger partial charge in [0, 0.05) is 11.5 Å². The van der Waals surface area contributed by atoms with Crippen LogP contribution in [0, 0.1) is 5.82 Å². The Balaban J connectivity index is 2.68. The van der Waals surface area contributed by atoms with Crippen molar-refractivity contribution in [2.45, 2.75) is 19.8 Å². The summed E-state index contributed by atoms with van der Waals surface area (Å²) >= 11 is 5.77. The number of hydrogen-bond donors (Lipinski definition) is 0. The molecule has 0 saturated heterocycles. The van der Waals surface area contributed by atoms with Gasteiger partial charge in [0.25, 0.3) is 0 Å². The molecule has 0 bridgehead atoms. The van der Waals surface area contributed by atoms with Crippen LogP contribution in [0.3, 0.4) is 0 Å². The van der Waals surface area contributed by atoms with Gasteiger partial charge in [0.2, 0.25) is 5.28 Å². The van der Waals surface area contributed by atoms with Gasteiger partial charge >= 0.3 is 0 Å². The van der Waals surface area contributed by atoms with Crippen LogP contribution >= 0.6 is 11.6 Å². The Hall–Kier alpha value is -1.22. The Bertz CT molecular complexity index is 494. The van der Waals surface area contributed by atoms with E-state index in [1.54, 1.807) is 6.07 Å². The number of aromatic nitrogens is 2. The lowest BCUT2D eigenvalue weighted by molar-refractivity contribution is 0.629. The maximum Gasteiger partial charge on any atom is 0.223 e. The van der Waals surface area contributed by atoms with Crippen molar-refractivity contribution in [1.82, 2.24) is 9.97 Å². The highest BCUT2D eigenvalue weighted by Crippen LogP contribution is 2.19. The van der Waals surface area contributed by atoms with Gasteiger partial charge in [-0.2, -0.15) is 0 Å². The molecule has 78 valence electrons. The van der Waals surface area contributed by atoms with E-state index in [1.807, 2.05) is 0 Å². The monoisotopic (exact) mass is 224 g/mol. The molecule has 0 saturated carbocycles. The van der Waals surface area contributed by atoms with E-state index in [2.05, 4.69) is 16.9 Å². The van der Waals surface area contributed by atoms with Crippen LogP contribution in [-0.4, -0.2) is 9.97 Å². The third-order valence-corrected chi connectivity index (χ3v) is 2.37. The molecular formula is C11H10ClFN2. The fourth-order valence-electron chi connectivity index (χ4n) is 1.56. The number of nitrogens with zero attached hydrogens (tertiary/aromatic N) is 2. The first kappa shape index (κ1) is 10.3. The summed E-state index contributed by atoms with van der Waals surface area (Å²) in [5.74, 6) is -0.306. The zero-order chi connectivity index (χ0) is 10.8. The normalized spacial score (nSPS) is 10.9. The first-order valence-electron chi connectivity index (χ1n) is 4.82. The van der Waals surface area contributed by atoms with Crippen LogP contribution < -0.4 is 0 Å². The number of benzene rings is 1. The summed E-state index contributed by atoms with van der Waals surface area (Å²) in [6, 6.07) is 4.49. The van der Waals surface area contributed by atoms with Gasteiger partial charge in [-0.25, -0.2) is 14.4 Å². The molecule has 0 atom stereocenters. The Kier molecular flexibility index (Phi) is 2.82. The number of rotatable bonds is 2. The summed E-state index contributed by atoms with van der Waals surface area (Å²) < 4.78 is 13.0. The zero-order valence-electron chi connectivity index (χ0n) is 8.30. The molecule has 2 nitrogen and oxygen atoms in total. The first-order chi connectivity index (χ1) is 7.20. The maximum atomic E-state index is 13.0. The standard InChI is InChI=1S/C11H10ClFN2/c1-2-3-9-8-5-4-7(13)6-10(8)15-11(12)14-9/h4-6H,2-3H2,1H3. The topological polar surface area (TPSA) is 25.8 Å². The van der Waals surface area contributed by atoms with E-state index in [9.17, 15) is 4.39 Å². The molecule has 4 heteroatoms. The smallest absolute Gasteiger partial charge is 0.222 e. The minimum absolute atomic E-state index is 0.177. The van der Waals surface area contributed by atoms with Crippen molar-refractivity contribution in [2.24, 2.45) is 0 Å². The van der Waals surface area contributed by atoms with Crippen molar-refractivity contribution in [3.05, 3.63) is 35.0 Å². The molecule has 0 radical (unpaired) electrons. The van der Waals surface area contributed by atoms with E-state index >= 15 is 0 Å². The Morgan fingerprint density at radius 1 is 1.33 bits per heavy atom. The Labute approximate surface area is 92.1 Å². The average Bonchev–Trinajstić information content (AvgIpc) is 2.17. The molecule has 0 fully saturated rings. The SMILES string of the molecule is CCCc1nc(Cl)nc2cc(F)ccc12. The van der Waals surface area contributed by atoms with Crippen LogP contribution in [0.2, 0.25) is 5.28 Å². The summed E-state index contributed by atoms with van der Waals surface area (Å²) in [4.78, 5) is 8.15. The minimum Gasteiger partial charge on any atom is -0.222 e. The van der Waals surface area contributed by atoms with E-state index in [0.717, 1.165) is 23.9 Å². The second-order valence-corrected chi connectivity index (χ2v) is 3.69. The lowest BCUT2D eigenvalue weighted by Gasteiger charge is -2.04. The van der Waals surface area contributed by atoms with Crippen LogP contribution in [0.15, 0.2) is 18.2 Å². The molecule has 0 unspecified atom stereocenters. The lowest BCUT2D eigenvalue weighted by Crippen LogP contribution is -1.95. The fraction of sp³-hybridized carbons (Fsp3) is 0.273. The molecule has 0 spiro atoms. The van der Waals surface area contributed by atoms with E-state index < -0.39 is 0 Å². The third-order valence-electron chi connectivity index (χ3n) is 2.20. The van der Waals surface area contributed by atoms with Crippen molar-refractivity contribution in [3.63, 3.8) is 0 Å². The molecule has 0 aliphatic heterocycles. The van der Waals surface area contributed by atoms with Gasteiger partial charge in [0.15, 0.2) is 0 Å². The predicted octanol–water partition coefficient (Wildman–Crippen LogP) is 3.37. The van der Waals surface area contributed by atoms with Crippen LogP contribution in [0.1, 0.15) is 19.0 Å². The largest absolute Gasteiger partial charge is 0.223 e. The lowest BCUT2D eigenvalue weighted by atomic mass is 10.1. The van der Waals surface area contributed by atoms with E-state index in [-0.39, 0.29) is 11.1 Å². The Morgan fingerprint density at radius 3 is 2.87 bits per heavy atom. The highest BCUT2D eigenvalue weighted by molar-refractivity contribution is 6.28. The summed E-state index contributed by atoms with van der Waals surface area (Å²) in [5, 5.41) is 1.05. The Morgan fingerprint density at radius 2 is 2.13 bits per heavy atom. The van der Waals surface area contributed by atoms with Gasteiger partial charge in [0.1, 0.15) is 5.82 Å². The molecule has 15 heavy (non-hydrogen) atoms. The van der Waals surface area contributed by atoms with Crippen molar-refractivity contribution >= 4 is 22.5 Å². The van der Waals surface area contributed by atoms with Crippen LogP contribution in [0.5, 0.6) is 0 Å². The van der Waals surface area contributed by atoms with Gasteiger partial charge < -0.3 is 0 Å². The van der Waals surface area contributed by atoms with Gasteiger partial charge in [-0.3, -0.25) is 0 Å². The predicted molar refractivity (Wildman–Crippen MR) is 58.5 cm³/mol. The number of fused-ring (bicyclic) bond motifs is 1. The summed E-state index contributed by atoms with van der Waals surface area (Å²) in [7, 11) is 0. The van der Waals surface area contributed by atoms with Gasteiger partial charge in [0.05, 0.1) is 11.2 Å². The van der Waals surface area contributed by atoms with Gasteiger partial charge in [-0.05, 0) is 30.2 Å². The van der Waals surface area contributed by atoms with E-state index in [0.29, 0.717) is 5.52 Å². The first-order valence-corrected chi connectivity index (χ1v) is 5.20. The van der Waals surface area contributed by atoms with Crippen LogP contribution in [-0.2, 0) is 6.42 Å². The van der Waals surface area contributed by atoms with Crippen molar-refractivity contribution in [1.29, 1.82) is 0 Å². The maximum absolute atomic E-state index is 13.0. The molecular weight excluding hydrogens is 215 g/mol. The number of halogens is 2. The van der Waals surface area contributed by atoms with Crippen molar-refractivity contribution < 1.29 is 4.39 Å². The quantitative estimate of drug-likeness (QED) is 0.731. The van der Waals surface area contributed by atoms with Gasteiger partial charge in [-0.15, -0.1) is 0 Å². The molecule has 0 N–H and O–H groups in total. The van der Waals surface area contributed by atoms with E-state index in [4.69, 9.17) is 11.6 Å². The minimum atomic E-state index is -0.306. The summed E-state index contributed by atoms with van der Waals surface area (Å²) in [6.45, 7) is 2.06. The molecule has 2 aromatic rings. The van der Waals surface area contributed by atoms with Crippen molar-refractivity contribution in [3.8, 4) is 0 Å². The second kappa shape index (κ2) is 4.11.